The van der Waals surface area contributed by atoms with Crippen LogP contribution in [-0.4, -0.2) is 47.9 Å². The van der Waals surface area contributed by atoms with E-state index >= 15 is 0 Å². The van der Waals surface area contributed by atoms with Gasteiger partial charge in [0.2, 0.25) is 5.91 Å². The number of rotatable bonds is 10. The number of Topliss-reactive ketones (excluding diaryl/α,β-unsaturated/α-hetero) is 1. The standard InChI is InChI=1S/C32H54N2O4S/c1-19(2)17-28(34-29(36)27(33)13-16-39-6)30(37)38-22-11-14-31(4)21(18-22)7-8-23-25-10-9-24(20(3)35)32(25,5)15-12-26(23)31/h19,21-28H,7-18,33H2,1-6H3,(H,34,36)/t21-,22+,23-,24+,25-,26-,27-,28-,31-,32+/m0/s1. The topological polar surface area (TPSA) is 98.5 Å². The Kier molecular flexibility index (Phi) is 9.83. The second-order valence-electron chi connectivity index (χ2n) is 14.4. The predicted octanol–water partition coefficient (Wildman–Crippen LogP) is 5.76. The molecule has 39 heavy (non-hydrogen) atoms. The number of esters is 1. The van der Waals surface area contributed by atoms with Gasteiger partial charge in [-0.3, -0.25) is 9.59 Å². The lowest BCUT2D eigenvalue weighted by atomic mass is 9.44. The molecule has 1 amide bonds. The van der Waals surface area contributed by atoms with Crippen LogP contribution in [0, 0.1) is 46.3 Å². The molecule has 0 saturated heterocycles. The van der Waals surface area contributed by atoms with Crippen molar-refractivity contribution < 1.29 is 19.1 Å². The molecule has 222 valence electrons. The lowest BCUT2D eigenvalue weighted by Gasteiger charge is -2.61. The molecule has 0 radical (unpaired) electrons. The Bertz CT molecular complexity index is 911. The average molecular weight is 563 g/mol. The van der Waals surface area contributed by atoms with Crippen molar-refractivity contribution in [1.82, 2.24) is 5.32 Å². The van der Waals surface area contributed by atoms with Crippen LogP contribution < -0.4 is 11.1 Å². The summed E-state index contributed by atoms with van der Waals surface area (Å²) in [6.07, 6.45) is 13.1. The number of amides is 1. The molecule has 4 fully saturated rings. The SMILES string of the molecule is CSCC[C@H](N)C(=O)N[C@@H](CC(C)C)C(=O)O[C@@H]1CC[C@@]2(C)[C@@H](CC[C@@H]3[C@@H]2CC[C@]2(C)[C@@H](C(C)=O)CC[C@@H]32)C1. The highest BCUT2D eigenvalue weighted by molar-refractivity contribution is 7.98. The smallest absolute Gasteiger partial charge is 0.328 e. The fourth-order valence-corrected chi connectivity index (χ4v) is 10.1. The first-order valence-electron chi connectivity index (χ1n) is 15.7. The molecule has 4 aliphatic carbocycles. The Labute approximate surface area is 241 Å². The summed E-state index contributed by atoms with van der Waals surface area (Å²) in [6, 6.07) is -1.25. The van der Waals surface area contributed by atoms with Crippen LogP contribution in [0.15, 0.2) is 0 Å². The van der Waals surface area contributed by atoms with Crippen LogP contribution in [0.25, 0.3) is 0 Å². The van der Waals surface area contributed by atoms with Gasteiger partial charge in [0.25, 0.3) is 0 Å². The zero-order valence-electron chi connectivity index (χ0n) is 25.3. The van der Waals surface area contributed by atoms with Crippen LogP contribution in [-0.2, 0) is 19.1 Å². The van der Waals surface area contributed by atoms with Gasteiger partial charge in [0, 0.05) is 5.92 Å². The number of carbonyl (C=O) groups is 3. The summed E-state index contributed by atoms with van der Waals surface area (Å²) >= 11 is 1.66. The van der Waals surface area contributed by atoms with Crippen molar-refractivity contribution in [2.45, 2.75) is 123 Å². The molecule has 0 aromatic carbocycles. The van der Waals surface area contributed by atoms with E-state index in [4.69, 9.17) is 10.5 Å². The number of nitrogens with one attached hydrogen (secondary N) is 1. The fraction of sp³-hybridized carbons (Fsp3) is 0.906. The summed E-state index contributed by atoms with van der Waals surface area (Å²) in [5, 5.41) is 2.91. The summed E-state index contributed by atoms with van der Waals surface area (Å²) in [5.74, 6) is 3.86. The number of carbonyl (C=O) groups excluding carboxylic acids is 3. The number of ether oxygens (including phenoxy) is 1. The minimum absolute atomic E-state index is 0.0775. The van der Waals surface area contributed by atoms with Crippen LogP contribution in [0.1, 0.15) is 105 Å². The second kappa shape index (κ2) is 12.4. The van der Waals surface area contributed by atoms with Crippen molar-refractivity contribution in [3.05, 3.63) is 0 Å². The first-order chi connectivity index (χ1) is 18.4. The number of hydrogen-bond acceptors (Lipinski definition) is 6. The molecular formula is C32H54N2O4S. The highest BCUT2D eigenvalue weighted by Crippen LogP contribution is 2.67. The van der Waals surface area contributed by atoms with Gasteiger partial charge in [0.1, 0.15) is 17.9 Å². The molecule has 0 aromatic heterocycles. The molecule has 6 nitrogen and oxygen atoms in total. The third kappa shape index (κ3) is 6.24. The van der Waals surface area contributed by atoms with Crippen molar-refractivity contribution in [3.63, 3.8) is 0 Å². The van der Waals surface area contributed by atoms with Crippen molar-refractivity contribution >= 4 is 29.4 Å². The Hall–Kier alpha value is -1.08. The molecule has 0 heterocycles. The number of thioether (sulfide) groups is 1. The van der Waals surface area contributed by atoms with Crippen molar-refractivity contribution in [3.8, 4) is 0 Å². The lowest BCUT2D eigenvalue weighted by Crippen LogP contribution is -2.55. The van der Waals surface area contributed by atoms with Crippen LogP contribution in [0.4, 0.5) is 0 Å². The third-order valence-corrected chi connectivity index (χ3v) is 12.3. The van der Waals surface area contributed by atoms with Gasteiger partial charge in [0.05, 0.1) is 6.04 Å². The Morgan fingerprint density at radius 3 is 2.36 bits per heavy atom. The predicted molar refractivity (Wildman–Crippen MR) is 158 cm³/mol. The molecule has 0 aliphatic heterocycles. The number of ketones is 1. The molecule has 0 unspecified atom stereocenters. The molecule has 4 aliphatic rings. The molecule has 7 heteroatoms. The first-order valence-corrected chi connectivity index (χ1v) is 17.1. The summed E-state index contributed by atoms with van der Waals surface area (Å²) in [4.78, 5) is 38.5. The van der Waals surface area contributed by atoms with E-state index in [0.717, 1.165) is 37.4 Å². The zero-order valence-corrected chi connectivity index (χ0v) is 26.1. The number of nitrogens with two attached hydrogens (primary N) is 1. The highest BCUT2D eigenvalue weighted by atomic mass is 32.2. The van der Waals surface area contributed by atoms with Gasteiger partial charge in [-0.2, -0.15) is 11.8 Å². The molecule has 4 saturated carbocycles. The van der Waals surface area contributed by atoms with Gasteiger partial charge in [-0.05, 0) is 130 Å². The number of hydrogen-bond donors (Lipinski definition) is 2. The largest absolute Gasteiger partial charge is 0.461 e. The van der Waals surface area contributed by atoms with E-state index in [2.05, 4.69) is 33.0 Å². The van der Waals surface area contributed by atoms with E-state index in [-0.39, 0.29) is 40.6 Å². The Balaban J connectivity index is 1.38. The quantitative estimate of drug-likeness (QED) is 0.329. The zero-order chi connectivity index (χ0) is 28.5. The molecule has 10 atom stereocenters. The van der Waals surface area contributed by atoms with E-state index in [1.807, 2.05) is 13.2 Å². The van der Waals surface area contributed by atoms with Gasteiger partial charge in [0.15, 0.2) is 0 Å². The van der Waals surface area contributed by atoms with E-state index in [0.29, 0.717) is 36.4 Å². The molecule has 3 N–H and O–H groups in total. The Morgan fingerprint density at radius 2 is 1.69 bits per heavy atom. The fourth-order valence-electron chi connectivity index (χ4n) is 9.58. The van der Waals surface area contributed by atoms with Crippen molar-refractivity contribution in [2.24, 2.45) is 52.1 Å². The monoisotopic (exact) mass is 562 g/mol. The van der Waals surface area contributed by atoms with Gasteiger partial charge >= 0.3 is 5.97 Å². The van der Waals surface area contributed by atoms with Gasteiger partial charge < -0.3 is 15.8 Å². The van der Waals surface area contributed by atoms with Crippen LogP contribution in [0.2, 0.25) is 0 Å². The van der Waals surface area contributed by atoms with Crippen LogP contribution in [0.5, 0.6) is 0 Å². The summed E-state index contributed by atoms with van der Waals surface area (Å²) < 4.78 is 6.14. The maximum Gasteiger partial charge on any atom is 0.328 e. The van der Waals surface area contributed by atoms with E-state index in [1.54, 1.807) is 11.8 Å². The summed E-state index contributed by atoms with van der Waals surface area (Å²) in [7, 11) is 0. The normalized spacial score (nSPS) is 39.2. The molecule has 0 bridgehead atoms. The van der Waals surface area contributed by atoms with Crippen molar-refractivity contribution in [1.29, 1.82) is 0 Å². The highest BCUT2D eigenvalue weighted by Gasteiger charge is 2.61. The van der Waals surface area contributed by atoms with E-state index in [9.17, 15) is 14.4 Å². The second-order valence-corrected chi connectivity index (χ2v) is 15.3. The summed E-state index contributed by atoms with van der Waals surface area (Å²) in [6.45, 7) is 10.9. The molecular weight excluding hydrogens is 508 g/mol. The van der Waals surface area contributed by atoms with Gasteiger partial charge in [-0.25, -0.2) is 4.79 Å². The molecule has 0 aromatic rings. The lowest BCUT2D eigenvalue weighted by molar-refractivity contribution is -0.166. The molecule has 0 spiro atoms. The van der Waals surface area contributed by atoms with E-state index in [1.165, 1.54) is 32.1 Å². The average Bonchev–Trinajstić information content (AvgIpc) is 3.24. The van der Waals surface area contributed by atoms with E-state index < -0.39 is 12.1 Å². The minimum Gasteiger partial charge on any atom is -0.461 e. The van der Waals surface area contributed by atoms with Gasteiger partial charge in [-0.1, -0.05) is 27.7 Å². The summed E-state index contributed by atoms with van der Waals surface area (Å²) in [5.41, 5.74) is 6.56. The Morgan fingerprint density at radius 1 is 1.00 bits per heavy atom. The maximum absolute atomic E-state index is 13.3. The minimum atomic E-state index is -0.644. The number of fused-ring (bicyclic) bond motifs is 5. The molecule has 4 rings (SSSR count). The third-order valence-electron chi connectivity index (χ3n) is 11.7. The maximum atomic E-state index is 13.3. The van der Waals surface area contributed by atoms with Crippen molar-refractivity contribution in [2.75, 3.05) is 12.0 Å². The van der Waals surface area contributed by atoms with Crippen LogP contribution in [0.3, 0.4) is 0 Å². The first kappa shape index (κ1) is 30.9. The van der Waals surface area contributed by atoms with Crippen LogP contribution >= 0.6 is 11.8 Å². The van der Waals surface area contributed by atoms with Gasteiger partial charge in [-0.15, -0.1) is 0 Å².